The number of carbonyl (C=O) groups is 1. The van der Waals surface area contributed by atoms with E-state index in [1.54, 1.807) is 0 Å². The highest BCUT2D eigenvalue weighted by molar-refractivity contribution is 7.99. The Morgan fingerprint density at radius 3 is 2.70 bits per heavy atom. The van der Waals surface area contributed by atoms with Gasteiger partial charge >= 0.3 is 5.97 Å². The van der Waals surface area contributed by atoms with Gasteiger partial charge in [0.25, 0.3) is 0 Å². The maximum Gasteiger partial charge on any atom is 0.304 e. The van der Waals surface area contributed by atoms with Crippen molar-refractivity contribution in [3.05, 3.63) is 29.8 Å². The molecule has 0 spiro atoms. The fourth-order valence-electron chi connectivity index (χ4n) is 2.42. The SMILES string of the molecule is CN(C)c1ccc(CN2CCSCC2CC(=O)O)cc1. The molecular formula is C15H22N2O2S. The summed E-state index contributed by atoms with van der Waals surface area (Å²) in [5, 5.41) is 9.01. The quantitative estimate of drug-likeness (QED) is 0.901. The van der Waals surface area contributed by atoms with Gasteiger partial charge in [-0.3, -0.25) is 9.69 Å². The summed E-state index contributed by atoms with van der Waals surface area (Å²) in [4.78, 5) is 15.3. The number of nitrogens with zero attached hydrogens (tertiary/aromatic N) is 2. The first kappa shape index (κ1) is 15.2. The number of hydrogen-bond donors (Lipinski definition) is 1. The standard InChI is InChI=1S/C15H22N2O2S/c1-16(2)13-5-3-12(4-6-13)10-17-7-8-20-11-14(17)9-15(18)19/h3-6,14H,7-11H2,1-2H3,(H,18,19). The summed E-state index contributed by atoms with van der Waals surface area (Å²) in [6.07, 6.45) is 0.239. The van der Waals surface area contributed by atoms with Gasteiger partial charge in [0.2, 0.25) is 0 Å². The lowest BCUT2D eigenvalue weighted by Gasteiger charge is -2.34. The van der Waals surface area contributed by atoms with E-state index in [9.17, 15) is 4.79 Å². The summed E-state index contributed by atoms with van der Waals surface area (Å²) in [7, 11) is 4.06. The zero-order chi connectivity index (χ0) is 14.5. The van der Waals surface area contributed by atoms with Crippen LogP contribution in [0.15, 0.2) is 24.3 Å². The molecule has 0 saturated carbocycles. The van der Waals surface area contributed by atoms with E-state index in [1.807, 2.05) is 25.9 Å². The highest BCUT2D eigenvalue weighted by Gasteiger charge is 2.24. The van der Waals surface area contributed by atoms with Crippen LogP contribution in [0.1, 0.15) is 12.0 Å². The van der Waals surface area contributed by atoms with Crippen LogP contribution in [0.3, 0.4) is 0 Å². The molecule has 5 heteroatoms. The van der Waals surface area contributed by atoms with Gasteiger partial charge in [-0.15, -0.1) is 0 Å². The Labute approximate surface area is 124 Å². The molecule has 1 atom stereocenters. The van der Waals surface area contributed by atoms with Crippen molar-refractivity contribution in [2.75, 3.05) is 37.0 Å². The molecule has 0 aliphatic carbocycles. The Morgan fingerprint density at radius 2 is 2.10 bits per heavy atom. The molecule has 1 fully saturated rings. The monoisotopic (exact) mass is 294 g/mol. The van der Waals surface area contributed by atoms with Crippen LogP contribution in [-0.2, 0) is 11.3 Å². The first-order chi connectivity index (χ1) is 9.56. The number of aliphatic carboxylic acids is 1. The predicted molar refractivity (Wildman–Crippen MR) is 84.5 cm³/mol. The lowest BCUT2D eigenvalue weighted by Crippen LogP contribution is -2.42. The first-order valence-electron chi connectivity index (χ1n) is 6.86. The van der Waals surface area contributed by atoms with Crippen LogP contribution >= 0.6 is 11.8 Å². The fourth-order valence-corrected chi connectivity index (χ4v) is 3.55. The molecule has 0 bridgehead atoms. The topological polar surface area (TPSA) is 43.8 Å². The number of anilines is 1. The number of thioether (sulfide) groups is 1. The van der Waals surface area contributed by atoms with Crippen LogP contribution in [-0.4, -0.2) is 54.2 Å². The van der Waals surface area contributed by atoms with Crippen molar-refractivity contribution in [3.8, 4) is 0 Å². The molecule has 1 aromatic carbocycles. The minimum Gasteiger partial charge on any atom is -0.481 e. The zero-order valence-electron chi connectivity index (χ0n) is 12.1. The molecule has 1 aliphatic rings. The number of carboxylic acid groups (broad SMARTS) is 1. The molecule has 4 nitrogen and oxygen atoms in total. The Bertz CT molecular complexity index is 448. The van der Waals surface area contributed by atoms with Crippen molar-refractivity contribution in [2.24, 2.45) is 0 Å². The molecule has 1 N–H and O–H groups in total. The molecule has 1 aliphatic heterocycles. The van der Waals surface area contributed by atoms with Crippen molar-refractivity contribution < 1.29 is 9.90 Å². The molecule has 110 valence electrons. The second-order valence-corrected chi connectivity index (χ2v) is 6.51. The van der Waals surface area contributed by atoms with Crippen molar-refractivity contribution in [3.63, 3.8) is 0 Å². The third-order valence-corrected chi connectivity index (χ3v) is 4.69. The number of hydrogen-bond acceptors (Lipinski definition) is 4. The highest BCUT2D eigenvalue weighted by Crippen LogP contribution is 2.22. The molecule has 0 amide bonds. The molecule has 1 unspecified atom stereocenters. The molecular weight excluding hydrogens is 272 g/mol. The Morgan fingerprint density at radius 1 is 1.40 bits per heavy atom. The van der Waals surface area contributed by atoms with Crippen LogP contribution in [0, 0.1) is 0 Å². The number of carboxylic acids is 1. The second-order valence-electron chi connectivity index (χ2n) is 5.36. The maximum absolute atomic E-state index is 10.9. The van der Waals surface area contributed by atoms with Gasteiger partial charge in [-0.1, -0.05) is 12.1 Å². The van der Waals surface area contributed by atoms with E-state index in [2.05, 4.69) is 34.1 Å². The third-order valence-electron chi connectivity index (χ3n) is 3.60. The van der Waals surface area contributed by atoms with Gasteiger partial charge < -0.3 is 10.0 Å². The van der Waals surface area contributed by atoms with Crippen molar-refractivity contribution in [1.29, 1.82) is 0 Å². The average molecular weight is 294 g/mol. The zero-order valence-corrected chi connectivity index (χ0v) is 12.9. The summed E-state index contributed by atoms with van der Waals surface area (Å²) in [6.45, 7) is 1.81. The van der Waals surface area contributed by atoms with Gasteiger partial charge in [0.05, 0.1) is 6.42 Å². The molecule has 0 aromatic heterocycles. The highest BCUT2D eigenvalue weighted by atomic mass is 32.2. The summed E-state index contributed by atoms with van der Waals surface area (Å²) in [5.74, 6) is 1.30. The summed E-state index contributed by atoms with van der Waals surface area (Å²) < 4.78 is 0. The minimum atomic E-state index is -0.703. The van der Waals surface area contributed by atoms with E-state index in [0.717, 1.165) is 24.6 Å². The normalized spacial score (nSPS) is 19.8. The average Bonchev–Trinajstić information content (AvgIpc) is 2.41. The molecule has 20 heavy (non-hydrogen) atoms. The van der Waals surface area contributed by atoms with E-state index < -0.39 is 5.97 Å². The van der Waals surface area contributed by atoms with Crippen molar-refractivity contribution in [1.82, 2.24) is 4.90 Å². The minimum absolute atomic E-state index is 0.153. The van der Waals surface area contributed by atoms with Gasteiger partial charge in [0, 0.05) is 50.4 Å². The van der Waals surface area contributed by atoms with E-state index in [-0.39, 0.29) is 12.5 Å². The smallest absolute Gasteiger partial charge is 0.304 e. The largest absolute Gasteiger partial charge is 0.481 e. The van der Waals surface area contributed by atoms with E-state index >= 15 is 0 Å². The molecule has 0 radical (unpaired) electrons. The Hall–Kier alpha value is -1.20. The van der Waals surface area contributed by atoms with E-state index in [1.165, 1.54) is 11.3 Å². The molecule has 1 aromatic rings. The first-order valence-corrected chi connectivity index (χ1v) is 8.01. The van der Waals surface area contributed by atoms with Gasteiger partial charge in [0.15, 0.2) is 0 Å². The van der Waals surface area contributed by atoms with E-state index in [4.69, 9.17) is 5.11 Å². The van der Waals surface area contributed by atoms with Gasteiger partial charge in [-0.2, -0.15) is 11.8 Å². The van der Waals surface area contributed by atoms with Crippen LogP contribution in [0.2, 0.25) is 0 Å². The number of benzene rings is 1. The van der Waals surface area contributed by atoms with Gasteiger partial charge in [0.1, 0.15) is 0 Å². The summed E-state index contributed by atoms with van der Waals surface area (Å²) >= 11 is 1.85. The maximum atomic E-state index is 10.9. The fraction of sp³-hybridized carbons (Fsp3) is 0.533. The number of rotatable bonds is 5. The lowest BCUT2D eigenvalue weighted by molar-refractivity contribution is -0.138. The van der Waals surface area contributed by atoms with Crippen molar-refractivity contribution >= 4 is 23.4 Å². The summed E-state index contributed by atoms with van der Waals surface area (Å²) in [6, 6.07) is 8.64. The molecule has 2 rings (SSSR count). The molecule has 1 heterocycles. The third kappa shape index (κ3) is 4.15. The predicted octanol–water partition coefficient (Wildman–Crippen LogP) is 2.14. The van der Waals surface area contributed by atoms with Crippen LogP contribution < -0.4 is 4.90 Å². The van der Waals surface area contributed by atoms with Crippen LogP contribution in [0.4, 0.5) is 5.69 Å². The van der Waals surface area contributed by atoms with E-state index in [0.29, 0.717) is 0 Å². The van der Waals surface area contributed by atoms with Gasteiger partial charge in [-0.05, 0) is 17.7 Å². The Balaban J connectivity index is 2.00. The van der Waals surface area contributed by atoms with Crippen LogP contribution in [0.25, 0.3) is 0 Å². The van der Waals surface area contributed by atoms with Crippen LogP contribution in [0.5, 0.6) is 0 Å². The Kier molecular flexibility index (Phi) is 5.31. The molecule has 1 saturated heterocycles. The lowest BCUT2D eigenvalue weighted by atomic mass is 10.1. The second kappa shape index (κ2) is 6.99. The summed E-state index contributed by atoms with van der Waals surface area (Å²) in [5.41, 5.74) is 2.43. The van der Waals surface area contributed by atoms with Gasteiger partial charge in [-0.25, -0.2) is 0 Å². The van der Waals surface area contributed by atoms with Crippen molar-refractivity contribution in [2.45, 2.75) is 19.0 Å².